The van der Waals surface area contributed by atoms with Gasteiger partial charge in [-0.05, 0) is 31.8 Å². The number of carboxylic acid groups (broad SMARTS) is 1. The molecule has 4 heteroatoms. The van der Waals surface area contributed by atoms with E-state index in [4.69, 9.17) is 15.3 Å². The lowest BCUT2D eigenvalue weighted by molar-refractivity contribution is -0.129. The van der Waals surface area contributed by atoms with E-state index in [0.717, 1.165) is 25.7 Å². The number of carboxylic acids is 1. The van der Waals surface area contributed by atoms with Gasteiger partial charge < -0.3 is 9.84 Å². The Morgan fingerprint density at radius 3 is 2.50 bits per heavy atom. The maximum absolute atomic E-state index is 10.5. The Bertz CT molecular complexity index is 314. The first kappa shape index (κ1) is 12.5. The molecule has 0 amide bonds. The third kappa shape index (κ3) is 3.88. The van der Waals surface area contributed by atoms with Gasteiger partial charge in [0.15, 0.2) is 0 Å². The van der Waals surface area contributed by atoms with Crippen LogP contribution in [0, 0.1) is 5.41 Å². The molecule has 2 N–H and O–H groups in total. The van der Waals surface area contributed by atoms with E-state index in [1.165, 1.54) is 18.6 Å². The molecule has 0 aromatic rings. The zero-order valence-electron chi connectivity index (χ0n) is 9.24. The first-order valence-corrected chi connectivity index (χ1v) is 5.46. The summed E-state index contributed by atoms with van der Waals surface area (Å²) in [6.07, 6.45) is 8.29. The lowest BCUT2D eigenvalue weighted by Gasteiger charge is -2.23. The zero-order chi connectivity index (χ0) is 12.0. The summed E-state index contributed by atoms with van der Waals surface area (Å²) in [4.78, 5) is 10.5. The van der Waals surface area contributed by atoms with Gasteiger partial charge in [-0.15, -0.1) is 0 Å². The number of carbonyl (C=O) groups is 1. The summed E-state index contributed by atoms with van der Waals surface area (Å²) in [6, 6.07) is 0. The first-order chi connectivity index (χ1) is 7.63. The van der Waals surface area contributed by atoms with Crippen LogP contribution in [-0.2, 0) is 9.53 Å². The van der Waals surface area contributed by atoms with Crippen LogP contribution in [0.1, 0.15) is 32.1 Å². The summed E-state index contributed by atoms with van der Waals surface area (Å²) in [5.41, 5.74) is -0.481. The molecule has 1 fully saturated rings. The lowest BCUT2D eigenvalue weighted by Crippen LogP contribution is -2.17. The maximum Gasteiger partial charge on any atom is 0.353 e. The normalized spacial score (nSPS) is 17.9. The second kappa shape index (κ2) is 6.10. The summed E-state index contributed by atoms with van der Waals surface area (Å²) in [7, 11) is 0. The van der Waals surface area contributed by atoms with E-state index < -0.39 is 11.7 Å². The van der Waals surface area contributed by atoms with Crippen molar-refractivity contribution in [3.05, 3.63) is 24.5 Å². The fourth-order valence-electron chi connectivity index (χ4n) is 1.72. The minimum atomic E-state index is -1.26. The fraction of sp³-hybridized carbons (Fsp3) is 0.500. The van der Waals surface area contributed by atoms with Gasteiger partial charge in [-0.25, -0.2) is 4.79 Å². The molecule has 0 aromatic carbocycles. The molecule has 0 aromatic heterocycles. The smallest absolute Gasteiger partial charge is 0.353 e. The van der Waals surface area contributed by atoms with Crippen molar-refractivity contribution in [1.29, 1.82) is 5.41 Å². The van der Waals surface area contributed by atoms with Crippen LogP contribution >= 0.6 is 0 Å². The van der Waals surface area contributed by atoms with Gasteiger partial charge in [0.25, 0.3) is 0 Å². The molecule has 16 heavy (non-hydrogen) atoms. The van der Waals surface area contributed by atoms with E-state index in [1.807, 2.05) is 0 Å². The highest BCUT2D eigenvalue weighted by molar-refractivity contribution is 6.39. The highest BCUT2D eigenvalue weighted by atomic mass is 16.5. The molecule has 0 saturated heterocycles. The minimum Gasteiger partial charge on any atom is -0.490 e. The van der Waals surface area contributed by atoms with Crippen molar-refractivity contribution in [3.63, 3.8) is 0 Å². The Labute approximate surface area is 95.1 Å². The third-order valence-electron chi connectivity index (χ3n) is 2.57. The van der Waals surface area contributed by atoms with Gasteiger partial charge >= 0.3 is 5.97 Å². The van der Waals surface area contributed by atoms with Crippen molar-refractivity contribution < 1.29 is 14.6 Å². The number of nitrogens with one attached hydrogen (secondary N) is 1. The number of ether oxygens (including phenoxy) is 1. The maximum atomic E-state index is 10.5. The number of rotatable bonds is 5. The number of allylic oxidation sites excluding steroid dienone is 1. The number of hydrogen-bond acceptors (Lipinski definition) is 3. The van der Waals surface area contributed by atoms with Gasteiger partial charge in [0, 0.05) is 6.08 Å². The quantitative estimate of drug-likeness (QED) is 0.427. The largest absolute Gasteiger partial charge is 0.490 e. The summed E-state index contributed by atoms with van der Waals surface area (Å²) < 4.78 is 5.60. The predicted octanol–water partition coefficient (Wildman–Crippen LogP) is 2.51. The highest BCUT2D eigenvalue weighted by Crippen LogP contribution is 2.22. The molecule has 0 heterocycles. The first-order valence-electron chi connectivity index (χ1n) is 5.46. The standard InChI is InChI=1S/C12H17NO3/c1-2-9(8-11(13)12(14)15)16-10-6-4-3-5-7-10/h2,8,10,13H,1,3-7H2,(H,14,15)/b9-8+,13-11?. The van der Waals surface area contributed by atoms with E-state index in [2.05, 4.69) is 6.58 Å². The molecule has 0 radical (unpaired) electrons. The molecule has 0 bridgehead atoms. The number of aliphatic carboxylic acids is 1. The molecule has 4 nitrogen and oxygen atoms in total. The highest BCUT2D eigenvalue weighted by Gasteiger charge is 2.15. The van der Waals surface area contributed by atoms with E-state index in [-0.39, 0.29) is 6.10 Å². The van der Waals surface area contributed by atoms with Crippen molar-refractivity contribution in [2.24, 2.45) is 0 Å². The molecule has 88 valence electrons. The molecular formula is C12H17NO3. The Morgan fingerprint density at radius 1 is 1.38 bits per heavy atom. The molecule has 1 saturated carbocycles. The van der Waals surface area contributed by atoms with E-state index >= 15 is 0 Å². The lowest BCUT2D eigenvalue weighted by atomic mass is 9.98. The van der Waals surface area contributed by atoms with Crippen LogP contribution in [0.25, 0.3) is 0 Å². The minimum absolute atomic E-state index is 0.139. The molecule has 0 aliphatic heterocycles. The van der Waals surface area contributed by atoms with Crippen LogP contribution in [-0.4, -0.2) is 22.9 Å². The van der Waals surface area contributed by atoms with E-state index in [0.29, 0.717) is 5.76 Å². The Balaban J connectivity index is 2.56. The van der Waals surface area contributed by atoms with Gasteiger partial charge in [-0.1, -0.05) is 13.0 Å². The van der Waals surface area contributed by atoms with Crippen molar-refractivity contribution in [2.45, 2.75) is 38.2 Å². The Kier molecular flexibility index (Phi) is 4.76. The Morgan fingerprint density at radius 2 is 2.00 bits per heavy atom. The molecule has 1 aliphatic rings. The van der Waals surface area contributed by atoms with Crippen LogP contribution < -0.4 is 0 Å². The van der Waals surface area contributed by atoms with E-state index in [1.54, 1.807) is 0 Å². The van der Waals surface area contributed by atoms with Gasteiger partial charge in [-0.2, -0.15) is 0 Å². The Hall–Kier alpha value is -1.58. The summed E-state index contributed by atoms with van der Waals surface area (Å²) in [5, 5.41) is 15.8. The van der Waals surface area contributed by atoms with Crippen LogP contribution in [0.4, 0.5) is 0 Å². The third-order valence-corrected chi connectivity index (χ3v) is 2.57. The van der Waals surface area contributed by atoms with Crippen molar-refractivity contribution >= 4 is 11.7 Å². The zero-order valence-corrected chi connectivity index (χ0v) is 9.24. The monoisotopic (exact) mass is 223 g/mol. The van der Waals surface area contributed by atoms with E-state index in [9.17, 15) is 4.79 Å². The van der Waals surface area contributed by atoms with Gasteiger partial charge in [-0.3, -0.25) is 5.41 Å². The summed E-state index contributed by atoms with van der Waals surface area (Å²) >= 11 is 0. The molecule has 0 unspecified atom stereocenters. The second-order valence-electron chi connectivity index (χ2n) is 3.85. The van der Waals surface area contributed by atoms with Crippen LogP contribution in [0.2, 0.25) is 0 Å². The number of hydrogen-bond donors (Lipinski definition) is 2. The van der Waals surface area contributed by atoms with Crippen molar-refractivity contribution in [1.82, 2.24) is 0 Å². The predicted molar refractivity (Wildman–Crippen MR) is 61.6 cm³/mol. The summed E-state index contributed by atoms with van der Waals surface area (Å²) in [6.45, 7) is 3.56. The van der Waals surface area contributed by atoms with Gasteiger partial charge in [0.05, 0.1) is 6.10 Å². The average molecular weight is 223 g/mol. The van der Waals surface area contributed by atoms with Crippen LogP contribution in [0.15, 0.2) is 24.5 Å². The SMILES string of the molecule is C=C/C(=C\C(=N)C(=O)O)OC1CCCCC1. The molecular weight excluding hydrogens is 206 g/mol. The van der Waals surface area contributed by atoms with Gasteiger partial charge in [0.2, 0.25) is 0 Å². The topological polar surface area (TPSA) is 70.4 Å². The second-order valence-corrected chi connectivity index (χ2v) is 3.85. The molecule has 0 atom stereocenters. The summed E-state index contributed by atoms with van der Waals surface area (Å²) in [5.74, 6) is -0.883. The van der Waals surface area contributed by atoms with Gasteiger partial charge in [0.1, 0.15) is 11.5 Å². The molecule has 0 spiro atoms. The van der Waals surface area contributed by atoms with Crippen molar-refractivity contribution in [3.8, 4) is 0 Å². The fourth-order valence-corrected chi connectivity index (χ4v) is 1.72. The average Bonchev–Trinajstić information content (AvgIpc) is 2.29. The van der Waals surface area contributed by atoms with Crippen molar-refractivity contribution in [2.75, 3.05) is 0 Å². The van der Waals surface area contributed by atoms with Crippen LogP contribution in [0.3, 0.4) is 0 Å². The molecule has 1 rings (SSSR count). The molecule has 1 aliphatic carbocycles. The van der Waals surface area contributed by atoms with Crippen LogP contribution in [0.5, 0.6) is 0 Å².